The second kappa shape index (κ2) is 17.1. The number of anilines is 3. The second-order valence-electron chi connectivity index (χ2n) is 16.9. The Morgan fingerprint density at radius 1 is 0.969 bits per heavy atom. The SMILES string of the molecule is C=C(CN(Cc1nc2ccc(C)cc2[nH]1)c1nc(N2C[C@@H](C)N[C@@H](C)C2)nc2c(Br)cnn12)S(=O)(=O)N1CCC[C@@H](n2nc(-c3ccc(Oc4ccccc4)cc3)c3c(N)ncnc32)C1. The normalized spacial score (nSPS) is 18.5. The number of nitrogen functional groups attached to an aromatic ring is 1. The van der Waals surface area contributed by atoms with Crippen LogP contribution in [0.2, 0.25) is 0 Å². The number of hydrogen-bond acceptors (Lipinski definition) is 14. The predicted molar refractivity (Wildman–Crippen MR) is 254 cm³/mol. The zero-order chi connectivity index (χ0) is 45.0. The van der Waals surface area contributed by atoms with Gasteiger partial charge in [-0.2, -0.15) is 29.0 Å². The molecule has 7 heterocycles. The molecule has 2 saturated heterocycles. The summed E-state index contributed by atoms with van der Waals surface area (Å²) in [6, 6.07) is 23.2. The van der Waals surface area contributed by atoms with Crippen LogP contribution >= 0.6 is 15.9 Å². The highest BCUT2D eigenvalue weighted by atomic mass is 79.9. The lowest BCUT2D eigenvalue weighted by atomic mass is 10.1. The topological polar surface area (TPSA) is 206 Å². The molecule has 2 aliphatic heterocycles. The Morgan fingerprint density at radius 3 is 2.52 bits per heavy atom. The van der Waals surface area contributed by atoms with E-state index >= 15 is 0 Å². The number of nitrogens with one attached hydrogen (secondary N) is 2. The number of hydrogen-bond donors (Lipinski definition) is 3. The van der Waals surface area contributed by atoms with Crippen LogP contribution in [0.5, 0.6) is 11.5 Å². The summed E-state index contributed by atoms with van der Waals surface area (Å²) < 4.78 is 41.3. The van der Waals surface area contributed by atoms with Gasteiger partial charge in [0, 0.05) is 43.8 Å². The van der Waals surface area contributed by atoms with Crippen molar-refractivity contribution in [1.82, 2.24) is 58.9 Å². The van der Waals surface area contributed by atoms with Crippen molar-refractivity contribution in [3.63, 3.8) is 0 Å². The molecule has 65 heavy (non-hydrogen) atoms. The molecule has 10 rings (SSSR count). The lowest BCUT2D eigenvalue weighted by Gasteiger charge is -2.36. The molecule has 0 amide bonds. The molecule has 2 fully saturated rings. The molecule has 5 aromatic heterocycles. The van der Waals surface area contributed by atoms with E-state index in [1.165, 1.54) is 10.6 Å². The van der Waals surface area contributed by atoms with Crippen LogP contribution in [0.25, 0.3) is 39.0 Å². The van der Waals surface area contributed by atoms with Gasteiger partial charge in [0.05, 0.1) is 51.1 Å². The number of halogens is 1. The molecular weight excluding hydrogens is 911 g/mol. The Bertz CT molecular complexity index is 3160. The van der Waals surface area contributed by atoms with E-state index in [0.29, 0.717) is 82.8 Å². The summed E-state index contributed by atoms with van der Waals surface area (Å²) in [5.74, 6) is 3.20. The number of para-hydroxylation sites is 1. The maximum atomic E-state index is 14.8. The van der Waals surface area contributed by atoms with Crippen molar-refractivity contribution in [1.29, 1.82) is 0 Å². The molecule has 0 bridgehead atoms. The van der Waals surface area contributed by atoms with Crippen molar-refractivity contribution in [2.24, 2.45) is 0 Å². The first kappa shape index (κ1) is 42.5. The van der Waals surface area contributed by atoms with Crippen molar-refractivity contribution < 1.29 is 13.2 Å². The summed E-state index contributed by atoms with van der Waals surface area (Å²) >= 11 is 3.65. The number of aryl methyl sites for hydroxylation is 1. The minimum Gasteiger partial charge on any atom is -0.457 e. The zero-order valence-corrected chi connectivity index (χ0v) is 38.5. The first-order valence-electron chi connectivity index (χ1n) is 21.5. The maximum absolute atomic E-state index is 14.8. The maximum Gasteiger partial charge on any atom is 0.240 e. The van der Waals surface area contributed by atoms with Gasteiger partial charge >= 0.3 is 0 Å². The van der Waals surface area contributed by atoms with Gasteiger partial charge < -0.3 is 30.6 Å². The van der Waals surface area contributed by atoms with Gasteiger partial charge in [0.15, 0.2) is 11.3 Å². The van der Waals surface area contributed by atoms with Gasteiger partial charge in [-0.3, -0.25) is 0 Å². The summed E-state index contributed by atoms with van der Waals surface area (Å²) in [4.78, 5) is 31.3. The largest absolute Gasteiger partial charge is 0.457 e. The first-order valence-corrected chi connectivity index (χ1v) is 23.7. The van der Waals surface area contributed by atoms with Crippen LogP contribution in [0.3, 0.4) is 0 Å². The van der Waals surface area contributed by atoms with E-state index in [1.54, 1.807) is 15.4 Å². The second-order valence-corrected chi connectivity index (χ2v) is 19.8. The van der Waals surface area contributed by atoms with Gasteiger partial charge in [-0.05, 0) is 104 Å². The van der Waals surface area contributed by atoms with Crippen LogP contribution in [0.4, 0.5) is 17.7 Å². The number of aromatic nitrogens is 10. The Labute approximate surface area is 383 Å². The van der Waals surface area contributed by atoms with Crippen molar-refractivity contribution >= 4 is 71.4 Å². The molecule has 3 atom stereocenters. The van der Waals surface area contributed by atoms with Crippen LogP contribution < -0.4 is 25.6 Å². The smallest absolute Gasteiger partial charge is 0.240 e. The molecule has 334 valence electrons. The molecule has 0 saturated carbocycles. The highest BCUT2D eigenvalue weighted by molar-refractivity contribution is 9.10. The summed E-state index contributed by atoms with van der Waals surface area (Å²) in [6.07, 6.45) is 4.32. The number of H-pyrrole nitrogens is 1. The average Bonchev–Trinajstić information content (AvgIpc) is 4.01. The lowest BCUT2D eigenvalue weighted by Crippen LogP contribution is -2.54. The van der Waals surface area contributed by atoms with Crippen LogP contribution in [0.15, 0.2) is 101 Å². The van der Waals surface area contributed by atoms with E-state index in [2.05, 4.69) is 66.6 Å². The van der Waals surface area contributed by atoms with Crippen molar-refractivity contribution in [3.8, 4) is 22.8 Å². The van der Waals surface area contributed by atoms with Crippen LogP contribution in [0, 0.1) is 6.92 Å². The van der Waals surface area contributed by atoms with E-state index in [9.17, 15) is 8.42 Å². The Kier molecular flexibility index (Phi) is 11.2. The van der Waals surface area contributed by atoms with Gasteiger partial charge in [0.1, 0.15) is 35.2 Å². The van der Waals surface area contributed by atoms with Gasteiger partial charge in [0.25, 0.3) is 0 Å². The molecule has 2 aliphatic rings. The molecule has 18 nitrogen and oxygen atoms in total. The number of benzene rings is 3. The summed E-state index contributed by atoms with van der Waals surface area (Å²) in [7, 11) is -4.11. The highest BCUT2D eigenvalue weighted by Gasteiger charge is 2.35. The number of piperazine rings is 1. The minimum atomic E-state index is -4.11. The summed E-state index contributed by atoms with van der Waals surface area (Å²) in [5.41, 5.74) is 11.7. The quantitative estimate of drug-likeness (QED) is 0.118. The molecule has 3 aromatic carbocycles. The fourth-order valence-electron chi connectivity index (χ4n) is 8.86. The lowest BCUT2D eigenvalue weighted by molar-refractivity contribution is 0.259. The zero-order valence-electron chi connectivity index (χ0n) is 36.1. The third-order valence-corrected chi connectivity index (χ3v) is 14.3. The van der Waals surface area contributed by atoms with E-state index in [-0.39, 0.29) is 48.5 Å². The van der Waals surface area contributed by atoms with E-state index < -0.39 is 10.0 Å². The Hall–Kier alpha value is -6.48. The number of imidazole rings is 1. The van der Waals surface area contributed by atoms with Gasteiger partial charge in [-0.1, -0.05) is 30.8 Å². The molecule has 20 heteroatoms. The molecule has 4 N–H and O–H groups in total. The standard InChI is InChI=1S/C45H48BrN15O3S/c1-27-12-17-36-37(19-27)53-38(52-36)25-58(45-55-44(54-42-35(46)20-50-61(42)45)57-21-28(2)51-29(3)22-57)23-30(4)65(62,63)59-18-8-9-32(24-59)60-43-39(41(47)48-26-49-43)40(56-60)31-13-15-34(16-14-31)64-33-10-6-5-7-11-33/h5-7,10-17,19-20,26,28-29,32,51H,4,8-9,18,21-25H2,1-3H3,(H,52,53)(H2,47,48,49)/t28-,29+,32-/m1/s1. The van der Waals surface area contributed by atoms with Gasteiger partial charge in [-0.25, -0.2) is 28.1 Å². The fourth-order valence-corrected chi connectivity index (χ4v) is 10.6. The summed E-state index contributed by atoms with van der Waals surface area (Å²) in [6.45, 7) is 12.4. The van der Waals surface area contributed by atoms with Crippen molar-refractivity contribution in [3.05, 3.63) is 113 Å². The monoisotopic (exact) mass is 957 g/mol. The number of fused-ring (bicyclic) bond motifs is 3. The van der Waals surface area contributed by atoms with Gasteiger partial charge in [-0.15, -0.1) is 0 Å². The third-order valence-electron chi connectivity index (χ3n) is 11.8. The minimum absolute atomic E-state index is 0.00977. The number of piperidine rings is 1. The molecule has 8 aromatic rings. The van der Waals surface area contributed by atoms with Crippen LogP contribution in [-0.4, -0.2) is 107 Å². The van der Waals surface area contributed by atoms with Crippen LogP contribution in [-0.2, 0) is 16.6 Å². The first-order chi connectivity index (χ1) is 31.4. The molecule has 0 spiro atoms. The fraction of sp³-hybridized carbons (Fsp3) is 0.311. The van der Waals surface area contributed by atoms with E-state index in [1.807, 2.05) is 84.6 Å². The molecule has 0 unspecified atom stereocenters. The van der Waals surface area contributed by atoms with E-state index in [0.717, 1.165) is 27.9 Å². The number of rotatable bonds is 12. The van der Waals surface area contributed by atoms with Crippen molar-refractivity contribution in [2.45, 2.75) is 58.3 Å². The molecule has 0 radical (unpaired) electrons. The number of nitrogens with zero attached hydrogens (tertiary/aromatic N) is 12. The average molecular weight is 959 g/mol. The van der Waals surface area contributed by atoms with E-state index in [4.69, 9.17) is 30.5 Å². The number of ether oxygens (including phenoxy) is 1. The Morgan fingerprint density at radius 2 is 1.74 bits per heavy atom. The predicted octanol–water partition coefficient (Wildman–Crippen LogP) is 6.63. The van der Waals surface area contributed by atoms with Crippen molar-refractivity contribution in [2.75, 3.05) is 48.3 Å². The number of sulfonamides is 1. The van der Waals surface area contributed by atoms with Gasteiger partial charge in [0.2, 0.25) is 21.9 Å². The highest BCUT2D eigenvalue weighted by Crippen LogP contribution is 2.36. The van der Waals surface area contributed by atoms with Crippen LogP contribution in [0.1, 0.15) is 44.1 Å². The molecular formula is C45H48BrN15O3S. The summed E-state index contributed by atoms with van der Waals surface area (Å²) in [5, 5.41) is 13.9. The number of aromatic amines is 1. The number of nitrogens with two attached hydrogens (primary N) is 1. The third kappa shape index (κ3) is 8.37. The molecule has 0 aliphatic carbocycles. The Balaban J connectivity index is 0.960.